The Morgan fingerprint density at radius 2 is 1.45 bits per heavy atom. The molecule has 0 saturated carbocycles. The molecule has 3 rings (SSSR count). The average molecular weight is 548 g/mol. The Bertz CT molecular complexity index is 868. The van der Waals surface area contributed by atoms with E-state index in [1.54, 1.807) is 11.1 Å². The Labute approximate surface area is 207 Å². The number of hydrogen-bond acceptors (Lipinski definition) is 0. The molecule has 2 atom stereocenters. The third-order valence-electron chi connectivity index (χ3n) is 7.37. The van der Waals surface area contributed by atoms with Crippen molar-refractivity contribution >= 4 is 31.9 Å². The van der Waals surface area contributed by atoms with Crippen LogP contribution in [0.15, 0.2) is 33.2 Å². The lowest BCUT2D eigenvalue weighted by atomic mass is 9.85. The average Bonchev–Trinajstić information content (AvgIpc) is 3.12. The number of rotatable bonds is 12. The molecule has 0 fully saturated rings. The van der Waals surface area contributed by atoms with Crippen LogP contribution in [0.25, 0.3) is 11.1 Å². The van der Waals surface area contributed by atoms with Crippen LogP contribution >= 0.6 is 31.9 Å². The standard InChI is InChI=1S/C29H40Br2/c1-5-9-11-20(7-3)15-23-19-26-25-14-13-24(30)17-22(25)18-27(26)28(29(23)31)16-21(8-4)12-10-6-2/h13-14,17,19-21H,5-12,15-16,18H2,1-4H3. The van der Waals surface area contributed by atoms with Crippen LogP contribution in [-0.2, 0) is 19.3 Å². The highest BCUT2D eigenvalue weighted by Crippen LogP contribution is 2.45. The summed E-state index contributed by atoms with van der Waals surface area (Å²) in [5.74, 6) is 1.57. The third-order valence-corrected chi connectivity index (χ3v) is 8.85. The number of benzene rings is 2. The van der Waals surface area contributed by atoms with E-state index in [9.17, 15) is 0 Å². The second kappa shape index (κ2) is 12.0. The lowest BCUT2D eigenvalue weighted by Crippen LogP contribution is -2.10. The van der Waals surface area contributed by atoms with Gasteiger partial charge in [-0.05, 0) is 82.7 Å². The van der Waals surface area contributed by atoms with Crippen LogP contribution in [0.4, 0.5) is 0 Å². The molecule has 0 spiro atoms. The zero-order valence-electron chi connectivity index (χ0n) is 20.0. The maximum atomic E-state index is 4.14. The van der Waals surface area contributed by atoms with E-state index < -0.39 is 0 Å². The van der Waals surface area contributed by atoms with Crippen molar-refractivity contribution in [3.8, 4) is 11.1 Å². The first-order chi connectivity index (χ1) is 15.0. The summed E-state index contributed by atoms with van der Waals surface area (Å²) >= 11 is 7.83. The van der Waals surface area contributed by atoms with Crippen LogP contribution in [-0.4, -0.2) is 0 Å². The molecule has 1 aliphatic carbocycles. The molecule has 0 N–H and O–H groups in total. The Kier molecular flexibility index (Phi) is 9.71. The summed E-state index contributed by atoms with van der Waals surface area (Å²) in [6, 6.07) is 9.40. The van der Waals surface area contributed by atoms with E-state index in [1.807, 2.05) is 0 Å². The summed E-state index contributed by atoms with van der Waals surface area (Å²) in [5, 5.41) is 0. The minimum atomic E-state index is 0.785. The molecule has 31 heavy (non-hydrogen) atoms. The van der Waals surface area contributed by atoms with E-state index in [1.165, 1.54) is 95.4 Å². The molecular formula is C29H40Br2. The molecule has 2 aromatic carbocycles. The molecule has 170 valence electrons. The minimum Gasteiger partial charge on any atom is -0.0654 e. The first kappa shape index (κ1) is 25.0. The van der Waals surface area contributed by atoms with Gasteiger partial charge in [-0.2, -0.15) is 0 Å². The highest BCUT2D eigenvalue weighted by Gasteiger charge is 2.26. The van der Waals surface area contributed by atoms with Gasteiger partial charge in [-0.15, -0.1) is 0 Å². The van der Waals surface area contributed by atoms with E-state index in [4.69, 9.17) is 0 Å². The molecule has 2 heteroatoms. The Morgan fingerprint density at radius 1 is 0.806 bits per heavy atom. The van der Waals surface area contributed by atoms with Crippen LogP contribution in [0.1, 0.15) is 101 Å². The van der Waals surface area contributed by atoms with Crippen LogP contribution < -0.4 is 0 Å². The van der Waals surface area contributed by atoms with Gasteiger partial charge in [0.05, 0.1) is 0 Å². The number of hydrogen-bond donors (Lipinski definition) is 0. The highest BCUT2D eigenvalue weighted by atomic mass is 79.9. The van der Waals surface area contributed by atoms with Crippen molar-refractivity contribution in [3.63, 3.8) is 0 Å². The quantitative estimate of drug-likeness (QED) is 0.211. The normalized spacial score (nSPS) is 14.4. The van der Waals surface area contributed by atoms with Gasteiger partial charge in [0.25, 0.3) is 0 Å². The highest BCUT2D eigenvalue weighted by molar-refractivity contribution is 9.10. The fourth-order valence-electron chi connectivity index (χ4n) is 5.27. The molecule has 2 aromatic rings. The second-order valence-electron chi connectivity index (χ2n) is 9.57. The molecule has 0 aromatic heterocycles. The van der Waals surface area contributed by atoms with Gasteiger partial charge in [0.15, 0.2) is 0 Å². The first-order valence-electron chi connectivity index (χ1n) is 12.6. The van der Waals surface area contributed by atoms with Gasteiger partial charge in [-0.3, -0.25) is 0 Å². The SMILES string of the molecule is CCCCC(CC)Cc1cc2c(c(CC(CC)CCCC)c1Br)Cc1cc(Br)ccc1-2. The molecule has 0 saturated heterocycles. The van der Waals surface area contributed by atoms with Gasteiger partial charge in [-0.25, -0.2) is 0 Å². The van der Waals surface area contributed by atoms with E-state index in [0.29, 0.717) is 0 Å². The molecule has 0 radical (unpaired) electrons. The zero-order chi connectivity index (χ0) is 22.4. The van der Waals surface area contributed by atoms with Gasteiger partial charge < -0.3 is 0 Å². The summed E-state index contributed by atoms with van der Waals surface area (Å²) in [4.78, 5) is 0. The maximum absolute atomic E-state index is 4.14. The molecule has 1 aliphatic rings. The Balaban J connectivity index is 2.02. The van der Waals surface area contributed by atoms with E-state index in [0.717, 1.165) is 18.3 Å². The Morgan fingerprint density at radius 3 is 2.06 bits per heavy atom. The molecular weight excluding hydrogens is 508 g/mol. The number of unbranched alkanes of at least 4 members (excludes halogenated alkanes) is 2. The summed E-state index contributed by atoms with van der Waals surface area (Å²) in [6.07, 6.45) is 14.0. The predicted octanol–water partition coefficient (Wildman–Crippen LogP) is 10.3. The molecule has 0 nitrogen and oxygen atoms in total. The third kappa shape index (κ3) is 6.05. The largest absolute Gasteiger partial charge is 0.0654 e. The van der Waals surface area contributed by atoms with Gasteiger partial charge in [-0.1, -0.05) is 117 Å². The lowest BCUT2D eigenvalue weighted by Gasteiger charge is -2.23. The maximum Gasteiger partial charge on any atom is 0.0242 e. The monoisotopic (exact) mass is 546 g/mol. The van der Waals surface area contributed by atoms with Gasteiger partial charge in [0.1, 0.15) is 0 Å². The first-order valence-corrected chi connectivity index (χ1v) is 14.2. The van der Waals surface area contributed by atoms with Crippen LogP contribution in [0.3, 0.4) is 0 Å². The van der Waals surface area contributed by atoms with E-state index in [-0.39, 0.29) is 0 Å². The molecule has 0 amide bonds. The van der Waals surface area contributed by atoms with Crippen molar-refractivity contribution in [1.29, 1.82) is 0 Å². The van der Waals surface area contributed by atoms with Crippen molar-refractivity contribution in [2.75, 3.05) is 0 Å². The van der Waals surface area contributed by atoms with Gasteiger partial charge in [0, 0.05) is 8.95 Å². The molecule has 0 aliphatic heterocycles. The van der Waals surface area contributed by atoms with E-state index >= 15 is 0 Å². The van der Waals surface area contributed by atoms with Gasteiger partial charge >= 0.3 is 0 Å². The fourth-order valence-corrected chi connectivity index (χ4v) is 6.35. The molecule has 2 unspecified atom stereocenters. The predicted molar refractivity (Wildman–Crippen MR) is 144 cm³/mol. The molecule has 0 heterocycles. The van der Waals surface area contributed by atoms with Crippen molar-refractivity contribution < 1.29 is 0 Å². The van der Waals surface area contributed by atoms with Gasteiger partial charge in [0.2, 0.25) is 0 Å². The minimum absolute atomic E-state index is 0.785. The summed E-state index contributed by atoms with van der Waals surface area (Å²) in [6.45, 7) is 9.37. The topological polar surface area (TPSA) is 0 Å². The summed E-state index contributed by atoms with van der Waals surface area (Å²) < 4.78 is 2.61. The van der Waals surface area contributed by atoms with Crippen LogP contribution in [0.5, 0.6) is 0 Å². The van der Waals surface area contributed by atoms with Crippen molar-refractivity contribution in [3.05, 3.63) is 55.5 Å². The summed E-state index contributed by atoms with van der Waals surface area (Å²) in [7, 11) is 0. The van der Waals surface area contributed by atoms with Crippen LogP contribution in [0, 0.1) is 11.8 Å². The number of fused-ring (bicyclic) bond motifs is 3. The number of halogens is 2. The lowest BCUT2D eigenvalue weighted by molar-refractivity contribution is 0.442. The van der Waals surface area contributed by atoms with Crippen LogP contribution in [0.2, 0.25) is 0 Å². The smallest absolute Gasteiger partial charge is 0.0242 e. The van der Waals surface area contributed by atoms with Crippen molar-refractivity contribution in [2.24, 2.45) is 11.8 Å². The zero-order valence-corrected chi connectivity index (χ0v) is 23.2. The van der Waals surface area contributed by atoms with Crippen molar-refractivity contribution in [1.82, 2.24) is 0 Å². The van der Waals surface area contributed by atoms with E-state index in [2.05, 4.69) is 83.8 Å². The fraction of sp³-hybridized carbons (Fsp3) is 0.586. The Hall–Kier alpha value is -0.600. The van der Waals surface area contributed by atoms with Crippen molar-refractivity contribution in [2.45, 2.75) is 98.3 Å². The second-order valence-corrected chi connectivity index (χ2v) is 11.3. The molecule has 0 bridgehead atoms. The summed E-state index contributed by atoms with van der Waals surface area (Å²) in [5.41, 5.74) is 9.17.